The van der Waals surface area contributed by atoms with Crippen molar-refractivity contribution in [3.63, 3.8) is 0 Å². The van der Waals surface area contributed by atoms with Crippen LogP contribution in [0.15, 0.2) is 59.8 Å². The fourth-order valence-electron chi connectivity index (χ4n) is 3.29. The second-order valence-electron chi connectivity index (χ2n) is 6.50. The van der Waals surface area contributed by atoms with Crippen molar-refractivity contribution >= 4 is 29.0 Å². The van der Waals surface area contributed by atoms with E-state index in [1.165, 1.54) is 19.2 Å². The number of halogens is 2. The van der Waals surface area contributed by atoms with E-state index in [2.05, 4.69) is 10.1 Å². The molecule has 1 atom stereocenters. The number of nitrogens with one attached hydrogen (secondary N) is 1. The summed E-state index contributed by atoms with van der Waals surface area (Å²) in [4.78, 5) is 14.4. The second-order valence-corrected chi connectivity index (χ2v) is 6.88. The van der Waals surface area contributed by atoms with Crippen molar-refractivity contribution < 1.29 is 23.0 Å². The Morgan fingerprint density at radius 2 is 1.86 bits per heavy atom. The Kier molecular flexibility index (Phi) is 6.12. The minimum atomic E-state index is -2.91. The zero-order valence-electron chi connectivity index (χ0n) is 16.1. The van der Waals surface area contributed by atoms with Gasteiger partial charge >= 0.3 is 12.6 Å². The third-order valence-electron chi connectivity index (χ3n) is 4.59. The maximum absolute atomic E-state index is 12.6. The minimum Gasteiger partial charge on any atom is -0.466 e. The lowest BCUT2D eigenvalue weighted by Crippen LogP contribution is -2.48. The third kappa shape index (κ3) is 4.37. The van der Waals surface area contributed by atoms with Crippen LogP contribution >= 0.6 is 12.2 Å². The van der Waals surface area contributed by atoms with E-state index >= 15 is 0 Å². The molecule has 3 rings (SSSR count). The number of rotatable bonds is 5. The molecular weight excluding hydrogens is 398 g/mol. The van der Waals surface area contributed by atoms with Gasteiger partial charge in [0.2, 0.25) is 0 Å². The molecule has 152 valence electrons. The first-order valence-corrected chi connectivity index (χ1v) is 9.23. The maximum atomic E-state index is 12.6. The van der Waals surface area contributed by atoms with Gasteiger partial charge < -0.3 is 14.8 Å². The molecule has 0 fully saturated rings. The van der Waals surface area contributed by atoms with Gasteiger partial charge in [0.05, 0.1) is 18.7 Å². The predicted octanol–water partition coefficient (Wildman–Crippen LogP) is 4.48. The lowest BCUT2D eigenvalue weighted by atomic mass is 9.94. The summed E-state index contributed by atoms with van der Waals surface area (Å²) >= 11 is 5.57. The highest BCUT2D eigenvalue weighted by Gasteiger charge is 2.35. The number of carbonyl (C=O) groups excluding carboxylic acids is 1. The summed E-state index contributed by atoms with van der Waals surface area (Å²) in [5.41, 5.74) is 3.54. The van der Waals surface area contributed by atoms with Gasteiger partial charge in [-0.25, -0.2) is 4.79 Å². The monoisotopic (exact) mass is 418 g/mol. The van der Waals surface area contributed by atoms with Crippen LogP contribution in [-0.4, -0.2) is 24.8 Å². The number of nitrogens with zero attached hydrogens (tertiary/aromatic N) is 1. The Labute approximate surface area is 172 Å². The highest BCUT2D eigenvalue weighted by Crippen LogP contribution is 2.35. The molecule has 8 heteroatoms. The number of methoxy groups -OCH3 is 1. The summed E-state index contributed by atoms with van der Waals surface area (Å²) in [6.45, 7) is 0.857. The van der Waals surface area contributed by atoms with Gasteiger partial charge in [0.15, 0.2) is 5.11 Å². The normalized spacial score (nSPS) is 16.7. The number of benzene rings is 2. The fourth-order valence-corrected chi connectivity index (χ4v) is 3.65. The van der Waals surface area contributed by atoms with E-state index in [1.54, 1.807) is 24.0 Å². The number of anilines is 1. The quantitative estimate of drug-likeness (QED) is 0.571. The largest absolute Gasteiger partial charge is 0.466 e. The number of esters is 1. The average Bonchev–Trinajstić information content (AvgIpc) is 2.67. The molecule has 0 saturated carbocycles. The summed E-state index contributed by atoms with van der Waals surface area (Å²) < 4.78 is 34.2. The third-order valence-corrected chi connectivity index (χ3v) is 4.89. The van der Waals surface area contributed by atoms with Crippen LogP contribution < -0.4 is 15.0 Å². The summed E-state index contributed by atoms with van der Waals surface area (Å²) in [7, 11) is 1.31. The van der Waals surface area contributed by atoms with Crippen molar-refractivity contribution in [2.45, 2.75) is 26.5 Å². The fraction of sp³-hybridized carbons (Fsp3) is 0.238. The van der Waals surface area contributed by atoms with Gasteiger partial charge in [0, 0.05) is 11.4 Å². The minimum absolute atomic E-state index is 0.0313. The van der Waals surface area contributed by atoms with Crippen LogP contribution in [0.5, 0.6) is 5.75 Å². The van der Waals surface area contributed by atoms with E-state index in [0.29, 0.717) is 21.9 Å². The van der Waals surface area contributed by atoms with E-state index in [9.17, 15) is 13.6 Å². The molecule has 1 aliphatic heterocycles. The van der Waals surface area contributed by atoms with E-state index in [0.717, 1.165) is 11.3 Å². The molecule has 0 bridgehead atoms. The van der Waals surface area contributed by atoms with Gasteiger partial charge in [0.1, 0.15) is 5.75 Å². The van der Waals surface area contributed by atoms with Gasteiger partial charge in [-0.1, -0.05) is 24.3 Å². The Morgan fingerprint density at radius 3 is 2.45 bits per heavy atom. The van der Waals surface area contributed by atoms with Gasteiger partial charge in [-0.2, -0.15) is 8.78 Å². The zero-order chi connectivity index (χ0) is 21.1. The topological polar surface area (TPSA) is 50.8 Å². The van der Waals surface area contributed by atoms with E-state index in [1.807, 2.05) is 31.2 Å². The molecule has 1 heterocycles. The number of alkyl halides is 2. The molecule has 29 heavy (non-hydrogen) atoms. The molecule has 0 aromatic heterocycles. The van der Waals surface area contributed by atoms with Crippen molar-refractivity contribution in [3.05, 3.63) is 70.9 Å². The Balaban J connectivity index is 2.04. The summed E-state index contributed by atoms with van der Waals surface area (Å²) in [5, 5.41) is 3.58. The lowest BCUT2D eigenvalue weighted by molar-refractivity contribution is -0.136. The number of carbonyl (C=O) groups is 1. The molecule has 0 aliphatic carbocycles. The summed E-state index contributed by atoms with van der Waals surface area (Å²) in [5.74, 6) is -0.475. The molecule has 0 unspecified atom stereocenters. The molecule has 5 nitrogen and oxygen atoms in total. The molecule has 1 aliphatic rings. The van der Waals surface area contributed by atoms with Crippen LogP contribution in [0.2, 0.25) is 0 Å². The number of hydrogen-bond acceptors (Lipinski definition) is 4. The maximum Gasteiger partial charge on any atom is 0.387 e. The van der Waals surface area contributed by atoms with Gasteiger partial charge in [-0.3, -0.25) is 4.90 Å². The highest BCUT2D eigenvalue weighted by atomic mass is 32.1. The molecule has 2 aromatic carbocycles. The zero-order valence-corrected chi connectivity index (χ0v) is 16.9. The van der Waals surface area contributed by atoms with Crippen molar-refractivity contribution in [1.29, 1.82) is 0 Å². The predicted molar refractivity (Wildman–Crippen MR) is 110 cm³/mol. The summed E-state index contributed by atoms with van der Waals surface area (Å²) in [6.07, 6.45) is 0. The molecule has 2 aromatic rings. The van der Waals surface area contributed by atoms with E-state index < -0.39 is 18.6 Å². The molecule has 0 amide bonds. The van der Waals surface area contributed by atoms with E-state index in [-0.39, 0.29) is 5.75 Å². The Morgan fingerprint density at radius 1 is 1.17 bits per heavy atom. The Hall–Kier alpha value is -3.00. The van der Waals surface area contributed by atoms with Gasteiger partial charge in [-0.15, -0.1) is 0 Å². The molecule has 0 spiro atoms. The van der Waals surface area contributed by atoms with Gasteiger partial charge in [0.25, 0.3) is 0 Å². The van der Waals surface area contributed by atoms with Crippen LogP contribution in [0.4, 0.5) is 14.5 Å². The average molecular weight is 418 g/mol. The van der Waals surface area contributed by atoms with Crippen molar-refractivity contribution in [3.8, 4) is 5.75 Å². The van der Waals surface area contributed by atoms with Gasteiger partial charge in [-0.05, 0) is 61.5 Å². The van der Waals surface area contributed by atoms with Crippen molar-refractivity contribution in [2.75, 3.05) is 12.0 Å². The summed E-state index contributed by atoms with van der Waals surface area (Å²) in [6, 6.07) is 13.2. The van der Waals surface area contributed by atoms with Crippen LogP contribution in [0.1, 0.15) is 24.1 Å². The lowest BCUT2D eigenvalue weighted by Gasteiger charge is -2.37. The van der Waals surface area contributed by atoms with Crippen LogP contribution in [0.3, 0.4) is 0 Å². The number of allylic oxidation sites excluding steroid dienone is 1. The smallest absolute Gasteiger partial charge is 0.387 e. The SMILES string of the molecule is COC(=O)C1=C(C)N(c2cccc(C)c2)C(=S)N[C@@H]1c1ccc(OC(F)F)cc1. The van der Waals surface area contributed by atoms with Crippen LogP contribution in [0, 0.1) is 6.92 Å². The number of ether oxygens (including phenoxy) is 2. The molecule has 0 radical (unpaired) electrons. The second kappa shape index (κ2) is 8.57. The molecule has 0 saturated heterocycles. The number of aryl methyl sites for hydroxylation is 1. The highest BCUT2D eigenvalue weighted by molar-refractivity contribution is 7.80. The van der Waals surface area contributed by atoms with Crippen molar-refractivity contribution in [1.82, 2.24) is 5.32 Å². The standard InChI is InChI=1S/C21H20F2N2O3S/c1-12-5-4-6-15(11-12)25-13(2)17(19(26)27-3)18(24-21(25)29)14-7-9-16(10-8-14)28-20(22)23/h4-11,18,20H,1-3H3,(H,24,29)/t18-/m1/s1. The first-order valence-electron chi connectivity index (χ1n) is 8.83. The van der Waals surface area contributed by atoms with Crippen LogP contribution in [-0.2, 0) is 9.53 Å². The van der Waals surface area contributed by atoms with Crippen molar-refractivity contribution in [2.24, 2.45) is 0 Å². The molecular formula is C21H20F2N2O3S. The van der Waals surface area contributed by atoms with E-state index in [4.69, 9.17) is 17.0 Å². The van der Waals surface area contributed by atoms with Crippen LogP contribution in [0.25, 0.3) is 0 Å². The number of hydrogen-bond donors (Lipinski definition) is 1. The Bertz CT molecular complexity index is 961. The number of thiocarbonyl (C=S) groups is 1. The first-order chi connectivity index (χ1) is 13.8. The first kappa shape index (κ1) is 20.7. The molecule has 1 N–H and O–H groups in total.